The van der Waals surface area contributed by atoms with Crippen molar-refractivity contribution in [3.05, 3.63) is 35.9 Å². The predicted octanol–water partition coefficient (Wildman–Crippen LogP) is 2.93. The topological polar surface area (TPSA) is 75.6 Å². The Morgan fingerprint density at radius 2 is 1.88 bits per heavy atom. The van der Waals surface area contributed by atoms with Crippen molar-refractivity contribution in [3.8, 4) is 0 Å². The molecule has 0 radical (unpaired) electrons. The highest BCUT2D eigenvalue weighted by molar-refractivity contribution is 5.86. The second-order valence-electron chi connectivity index (χ2n) is 6.38. The van der Waals surface area contributed by atoms with Crippen LogP contribution in [0.15, 0.2) is 30.3 Å². The summed E-state index contributed by atoms with van der Waals surface area (Å²) >= 11 is 0. The van der Waals surface area contributed by atoms with Gasteiger partial charge in [0.05, 0.1) is 6.10 Å². The third kappa shape index (κ3) is 5.64. The number of carboxylic acid groups (broad SMARTS) is 1. The van der Waals surface area contributed by atoms with Crippen LogP contribution in [0.4, 0.5) is 0 Å². The Kier molecular flexibility index (Phi) is 7.25. The lowest BCUT2D eigenvalue weighted by Gasteiger charge is -2.27. The zero-order valence-corrected chi connectivity index (χ0v) is 14.2. The molecule has 2 unspecified atom stereocenters. The quantitative estimate of drug-likeness (QED) is 0.767. The van der Waals surface area contributed by atoms with Gasteiger partial charge in [0.2, 0.25) is 5.91 Å². The Hall–Kier alpha value is -1.88. The van der Waals surface area contributed by atoms with E-state index < -0.39 is 18.1 Å². The molecule has 0 heterocycles. The maximum absolute atomic E-state index is 12.5. The molecule has 0 aromatic heterocycles. The lowest BCUT2D eigenvalue weighted by atomic mass is 9.97. The van der Waals surface area contributed by atoms with Gasteiger partial charge >= 0.3 is 5.97 Å². The molecule has 132 valence electrons. The Morgan fingerprint density at radius 1 is 1.21 bits per heavy atom. The zero-order chi connectivity index (χ0) is 17.4. The Labute approximate surface area is 143 Å². The molecule has 2 atom stereocenters. The van der Waals surface area contributed by atoms with Crippen LogP contribution in [0.1, 0.15) is 51.0 Å². The van der Waals surface area contributed by atoms with E-state index in [1.165, 1.54) is 6.42 Å². The van der Waals surface area contributed by atoms with Crippen LogP contribution in [0.2, 0.25) is 0 Å². The van der Waals surface area contributed by atoms with Gasteiger partial charge in [-0.3, -0.25) is 4.79 Å². The number of carboxylic acids is 1. The highest BCUT2D eigenvalue weighted by Gasteiger charge is 2.27. The molecule has 1 saturated carbocycles. The van der Waals surface area contributed by atoms with E-state index in [1.807, 2.05) is 37.3 Å². The zero-order valence-electron chi connectivity index (χ0n) is 14.2. The van der Waals surface area contributed by atoms with Crippen molar-refractivity contribution in [1.29, 1.82) is 0 Å². The molecule has 5 nitrogen and oxygen atoms in total. The maximum atomic E-state index is 12.5. The number of carbonyl (C=O) groups excluding carboxylic acids is 1. The van der Waals surface area contributed by atoms with Gasteiger partial charge in [-0.2, -0.15) is 0 Å². The van der Waals surface area contributed by atoms with E-state index >= 15 is 0 Å². The summed E-state index contributed by atoms with van der Waals surface area (Å²) in [5.41, 5.74) is 0.881. The number of benzene rings is 1. The maximum Gasteiger partial charge on any atom is 0.326 e. The molecular weight excluding hydrogens is 306 g/mol. The summed E-state index contributed by atoms with van der Waals surface area (Å²) in [5.74, 6) is -1.36. The predicted molar refractivity (Wildman–Crippen MR) is 91.7 cm³/mol. The minimum atomic E-state index is -1.03. The third-order valence-electron chi connectivity index (χ3n) is 4.47. The highest BCUT2D eigenvalue weighted by atomic mass is 16.5. The molecule has 2 rings (SSSR count). The van der Waals surface area contributed by atoms with E-state index in [9.17, 15) is 14.7 Å². The fourth-order valence-electron chi connectivity index (χ4n) is 3.09. The van der Waals surface area contributed by atoms with Crippen LogP contribution < -0.4 is 5.32 Å². The Balaban J connectivity index is 1.93. The van der Waals surface area contributed by atoms with Crippen LogP contribution in [-0.2, 0) is 20.7 Å². The monoisotopic (exact) mass is 333 g/mol. The summed E-state index contributed by atoms with van der Waals surface area (Å²) in [6.07, 6.45) is 5.80. The molecule has 0 aliphatic heterocycles. The van der Waals surface area contributed by atoms with E-state index in [0.29, 0.717) is 6.42 Å². The average molecular weight is 333 g/mol. The summed E-state index contributed by atoms with van der Waals surface area (Å²) in [5, 5.41) is 12.0. The summed E-state index contributed by atoms with van der Waals surface area (Å²) in [6, 6.07) is 8.37. The van der Waals surface area contributed by atoms with Crippen molar-refractivity contribution in [3.63, 3.8) is 0 Å². The molecule has 1 aliphatic rings. The molecule has 1 amide bonds. The number of aliphatic carboxylic acids is 1. The van der Waals surface area contributed by atoms with E-state index in [1.54, 1.807) is 0 Å². The standard InChI is InChI=1S/C19H27NO4/c1-2-17(24-15-11-7-4-8-12-15)18(21)20-16(19(22)23)13-14-9-5-3-6-10-14/h3,5-6,9-10,15-17H,2,4,7-8,11-13H2,1H3,(H,20,21)(H,22,23). The number of carbonyl (C=O) groups is 2. The van der Waals surface area contributed by atoms with Gasteiger partial charge in [0.1, 0.15) is 12.1 Å². The van der Waals surface area contributed by atoms with Crippen LogP contribution in [0, 0.1) is 0 Å². The third-order valence-corrected chi connectivity index (χ3v) is 4.47. The lowest BCUT2D eigenvalue weighted by Crippen LogP contribution is -2.48. The first-order chi connectivity index (χ1) is 11.6. The van der Waals surface area contributed by atoms with Crippen LogP contribution in [0.25, 0.3) is 0 Å². The summed E-state index contributed by atoms with van der Waals surface area (Å²) in [7, 11) is 0. The van der Waals surface area contributed by atoms with Gasteiger partial charge in [0, 0.05) is 6.42 Å². The number of rotatable bonds is 8. The Morgan fingerprint density at radius 3 is 2.46 bits per heavy atom. The van der Waals surface area contributed by atoms with E-state index in [2.05, 4.69) is 5.32 Å². The van der Waals surface area contributed by atoms with Crippen LogP contribution in [-0.4, -0.2) is 35.2 Å². The lowest BCUT2D eigenvalue weighted by molar-refractivity contribution is -0.146. The van der Waals surface area contributed by atoms with Crippen LogP contribution >= 0.6 is 0 Å². The minimum Gasteiger partial charge on any atom is -0.480 e. The first kappa shape index (κ1) is 18.5. The molecule has 1 aliphatic carbocycles. The summed E-state index contributed by atoms with van der Waals surface area (Å²) < 4.78 is 5.93. The van der Waals surface area contributed by atoms with Gasteiger partial charge < -0.3 is 15.2 Å². The largest absolute Gasteiger partial charge is 0.480 e. The second-order valence-corrected chi connectivity index (χ2v) is 6.38. The molecule has 24 heavy (non-hydrogen) atoms. The van der Waals surface area contributed by atoms with Gasteiger partial charge in [-0.05, 0) is 24.8 Å². The van der Waals surface area contributed by atoms with E-state index in [4.69, 9.17) is 4.74 Å². The van der Waals surface area contributed by atoms with Gasteiger partial charge in [-0.25, -0.2) is 4.79 Å². The van der Waals surface area contributed by atoms with Gasteiger partial charge in [0.15, 0.2) is 0 Å². The number of ether oxygens (including phenoxy) is 1. The number of nitrogens with one attached hydrogen (secondary N) is 1. The first-order valence-corrected chi connectivity index (χ1v) is 8.82. The normalized spacial score (nSPS) is 17.9. The fourth-order valence-corrected chi connectivity index (χ4v) is 3.09. The molecular formula is C19H27NO4. The molecule has 1 aromatic carbocycles. The minimum absolute atomic E-state index is 0.117. The number of hydrogen-bond donors (Lipinski definition) is 2. The number of amides is 1. The smallest absolute Gasteiger partial charge is 0.326 e. The van der Waals surface area contributed by atoms with Gasteiger partial charge in [-0.1, -0.05) is 56.5 Å². The molecule has 0 spiro atoms. The molecule has 2 N–H and O–H groups in total. The van der Waals surface area contributed by atoms with Crippen molar-refractivity contribution in [2.75, 3.05) is 0 Å². The first-order valence-electron chi connectivity index (χ1n) is 8.82. The Bertz CT molecular complexity index is 525. The molecule has 0 bridgehead atoms. The molecule has 1 fully saturated rings. The van der Waals surface area contributed by atoms with Gasteiger partial charge in [-0.15, -0.1) is 0 Å². The molecule has 0 saturated heterocycles. The number of hydrogen-bond acceptors (Lipinski definition) is 3. The molecule has 5 heteroatoms. The van der Waals surface area contributed by atoms with Crippen LogP contribution in [0.3, 0.4) is 0 Å². The highest BCUT2D eigenvalue weighted by Crippen LogP contribution is 2.22. The van der Waals surface area contributed by atoms with Crippen molar-refractivity contribution in [2.24, 2.45) is 0 Å². The summed E-state index contributed by atoms with van der Waals surface area (Å²) in [4.78, 5) is 23.9. The van der Waals surface area contributed by atoms with Crippen LogP contribution in [0.5, 0.6) is 0 Å². The second kappa shape index (κ2) is 9.42. The van der Waals surface area contributed by atoms with E-state index in [0.717, 1.165) is 31.2 Å². The van der Waals surface area contributed by atoms with Crippen molar-refractivity contribution in [1.82, 2.24) is 5.32 Å². The van der Waals surface area contributed by atoms with Gasteiger partial charge in [0.25, 0.3) is 0 Å². The van der Waals surface area contributed by atoms with Crippen molar-refractivity contribution in [2.45, 2.75) is 70.1 Å². The SMILES string of the molecule is CCC(OC1CCCCC1)C(=O)NC(Cc1ccccc1)C(=O)O. The van der Waals surface area contributed by atoms with Crippen molar-refractivity contribution < 1.29 is 19.4 Å². The van der Waals surface area contributed by atoms with Crippen molar-refractivity contribution >= 4 is 11.9 Å². The fraction of sp³-hybridized carbons (Fsp3) is 0.579. The average Bonchev–Trinajstić information content (AvgIpc) is 2.60. The summed E-state index contributed by atoms with van der Waals surface area (Å²) in [6.45, 7) is 1.89. The van der Waals surface area contributed by atoms with E-state index in [-0.39, 0.29) is 18.4 Å². The molecule has 1 aromatic rings.